The lowest BCUT2D eigenvalue weighted by Gasteiger charge is -2.19. The number of pyridine rings is 2. The van der Waals surface area contributed by atoms with Crippen molar-refractivity contribution in [1.82, 2.24) is 0 Å². The quantitative estimate of drug-likeness (QED) is 0.174. The summed E-state index contributed by atoms with van der Waals surface area (Å²) in [6.45, 7) is 8.86. The number of nitriles is 1. The fourth-order valence-electron chi connectivity index (χ4n) is 8.63. The SMILES string of the molecule is Cc1ccc2[n+](c1)C1(c3ccccc3-2)c2ccc3c(oc4c(-c5ccc(-c6ccc(C(C)(C)C)cc6)cc5)c(C#N)ccc43)c2-c2cccc[n+]21. The van der Waals surface area contributed by atoms with E-state index >= 15 is 0 Å². The van der Waals surface area contributed by atoms with Crippen molar-refractivity contribution in [3.63, 3.8) is 0 Å². The Balaban J connectivity index is 1.20. The van der Waals surface area contributed by atoms with E-state index in [2.05, 4.69) is 171 Å². The summed E-state index contributed by atoms with van der Waals surface area (Å²) in [7, 11) is 0. The van der Waals surface area contributed by atoms with Crippen LogP contribution in [0.5, 0.6) is 0 Å². The van der Waals surface area contributed by atoms with Crippen LogP contribution >= 0.6 is 0 Å². The third-order valence-electron chi connectivity index (χ3n) is 11.1. The minimum Gasteiger partial charge on any atom is -0.454 e. The lowest BCUT2D eigenvalue weighted by molar-refractivity contribution is -0.955. The topological polar surface area (TPSA) is 44.7 Å². The van der Waals surface area contributed by atoms with Crippen molar-refractivity contribution < 1.29 is 13.6 Å². The Bertz CT molecular complexity index is 2790. The van der Waals surface area contributed by atoms with Crippen LogP contribution in [0.1, 0.15) is 48.6 Å². The molecule has 4 heteroatoms. The maximum Gasteiger partial charge on any atom is 0.417 e. The van der Waals surface area contributed by atoms with Gasteiger partial charge in [0.25, 0.3) is 0 Å². The van der Waals surface area contributed by atoms with Crippen molar-refractivity contribution >= 4 is 21.9 Å². The van der Waals surface area contributed by atoms with E-state index in [1.807, 2.05) is 12.1 Å². The average molecular weight is 658 g/mol. The second-order valence-corrected chi connectivity index (χ2v) is 15.0. The molecular formula is C47H35N3O+2. The molecule has 8 aromatic rings. The number of benzene rings is 5. The zero-order valence-corrected chi connectivity index (χ0v) is 29.0. The highest BCUT2D eigenvalue weighted by Gasteiger charge is 2.67. The predicted molar refractivity (Wildman–Crippen MR) is 202 cm³/mol. The molecule has 5 aromatic carbocycles. The fraction of sp³-hybridized carbons (Fsp3) is 0.128. The number of rotatable bonds is 2. The van der Waals surface area contributed by atoms with Gasteiger partial charge in [0.15, 0.2) is 12.4 Å². The molecule has 1 unspecified atom stereocenters. The molecule has 0 saturated carbocycles. The van der Waals surface area contributed by atoms with Gasteiger partial charge in [-0.2, -0.15) is 5.26 Å². The van der Waals surface area contributed by atoms with E-state index in [1.165, 1.54) is 39.1 Å². The van der Waals surface area contributed by atoms with Crippen LogP contribution in [-0.2, 0) is 11.1 Å². The highest BCUT2D eigenvalue weighted by atomic mass is 16.3. The van der Waals surface area contributed by atoms with Crippen molar-refractivity contribution in [3.05, 3.63) is 168 Å². The number of nitrogens with zero attached hydrogens (tertiary/aromatic N) is 3. The Morgan fingerprint density at radius 1 is 0.608 bits per heavy atom. The molecule has 5 heterocycles. The molecule has 1 spiro atoms. The molecule has 10 rings (SSSR count). The summed E-state index contributed by atoms with van der Waals surface area (Å²) in [5, 5.41) is 12.4. The van der Waals surface area contributed by atoms with Gasteiger partial charge in [-0.05, 0) is 83.1 Å². The van der Waals surface area contributed by atoms with Crippen LogP contribution in [0.2, 0.25) is 0 Å². The first-order valence-corrected chi connectivity index (χ1v) is 17.6. The highest BCUT2D eigenvalue weighted by molar-refractivity contribution is 6.14. The van der Waals surface area contributed by atoms with Gasteiger partial charge in [0.05, 0.1) is 17.2 Å². The van der Waals surface area contributed by atoms with Crippen LogP contribution in [0.3, 0.4) is 0 Å². The summed E-state index contributed by atoms with van der Waals surface area (Å²) in [5.41, 5.74) is 15.3. The maximum atomic E-state index is 10.4. The number of aryl methyl sites for hydroxylation is 1. The smallest absolute Gasteiger partial charge is 0.417 e. The molecule has 3 aromatic heterocycles. The third-order valence-corrected chi connectivity index (χ3v) is 11.1. The van der Waals surface area contributed by atoms with Crippen molar-refractivity contribution in [2.75, 3.05) is 0 Å². The maximum absolute atomic E-state index is 10.4. The Morgan fingerprint density at radius 2 is 1.27 bits per heavy atom. The molecule has 2 aliphatic heterocycles. The molecule has 0 saturated heterocycles. The summed E-state index contributed by atoms with van der Waals surface area (Å²) in [5.74, 6) is 0. The molecule has 0 radical (unpaired) electrons. The van der Waals surface area contributed by atoms with Gasteiger partial charge in [-0.25, -0.2) is 0 Å². The van der Waals surface area contributed by atoms with E-state index in [-0.39, 0.29) is 5.41 Å². The number of hydrogen-bond donors (Lipinski definition) is 0. The molecule has 242 valence electrons. The number of fused-ring (bicyclic) bond motifs is 14. The fourth-order valence-corrected chi connectivity index (χ4v) is 8.63. The molecule has 2 aliphatic rings. The van der Waals surface area contributed by atoms with Gasteiger partial charge >= 0.3 is 5.66 Å². The van der Waals surface area contributed by atoms with Crippen molar-refractivity contribution in [2.45, 2.75) is 38.8 Å². The van der Waals surface area contributed by atoms with Crippen LogP contribution in [0.15, 0.2) is 144 Å². The van der Waals surface area contributed by atoms with E-state index in [4.69, 9.17) is 4.42 Å². The zero-order valence-electron chi connectivity index (χ0n) is 29.0. The first kappa shape index (κ1) is 29.6. The summed E-state index contributed by atoms with van der Waals surface area (Å²) < 4.78 is 11.9. The second-order valence-electron chi connectivity index (χ2n) is 15.0. The van der Waals surface area contributed by atoms with Crippen molar-refractivity contribution in [1.29, 1.82) is 5.26 Å². The number of aromatic nitrogens is 2. The van der Waals surface area contributed by atoms with Crippen LogP contribution < -0.4 is 9.13 Å². The Morgan fingerprint density at radius 3 is 2.02 bits per heavy atom. The van der Waals surface area contributed by atoms with Gasteiger partial charge in [0, 0.05) is 40.1 Å². The van der Waals surface area contributed by atoms with Crippen LogP contribution in [0, 0.1) is 18.3 Å². The minimum absolute atomic E-state index is 0.104. The second kappa shape index (κ2) is 10.4. The van der Waals surface area contributed by atoms with Gasteiger partial charge in [-0.1, -0.05) is 81.4 Å². The van der Waals surface area contributed by atoms with Gasteiger partial charge in [0.2, 0.25) is 11.4 Å². The van der Waals surface area contributed by atoms with Crippen LogP contribution in [0.25, 0.3) is 66.7 Å². The predicted octanol–water partition coefficient (Wildman–Crippen LogP) is 10.2. The van der Waals surface area contributed by atoms with Gasteiger partial charge < -0.3 is 4.42 Å². The molecule has 0 amide bonds. The summed E-state index contributed by atoms with van der Waals surface area (Å²) in [6, 6.07) is 47.9. The van der Waals surface area contributed by atoms with Gasteiger partial charge in [0.1, 0.15) is 27.9 Å². The molecule has 0 bridgehead atoms. The Labute approximate surface area is 297 Å². The molecule has 0 fully saturated rings. The first-order valence-electron chi connectivity index (χ1n) is 17.6. The highest BCUT2D eigenvalue weighted by Crippen LogP contribution is 2.51. The Kier molecular flexibility index (Phi) is 6.01. The number of furan rings is 1. The van der Waals surface area contributed by atoms with Gasteiger partial charge in [-0.3, -0.25) is 0 Å². The third kappa shape index (κ3) is 3.95. The molecule has 51 heavy (non-hydrogen) atoms. The monoisotopic (exact) mass is 657 g/mol. The van der Waals surface area contributed by atoms with Crippen LogP contribution in [-0.4, -0.2) is 0 Å². The van der Waals surface area contributed by atoms with Gasteiger partial charge in [-0.15, -0.1) is 9.13 Å². The first-order chi connectivity index (χ1) is 24.8. The molecular weight excluding hydrogens is 623 g/mol. The molecule has 0 aliphatic carbocycles. The summed E-state index contributed by atoms with van der Waals surface area (Å²) in [4.78, 5) is 0. The van der Waals surface area contributed by atoms with E-state index < -0.39 is 5.66 Å². The van der Waals surface area contributed by atoms with Crippen molar-refractivity contribution in [3.8, 4) is 50.8 Å². The molecule has 4 nitrogen and oxygen atoms in total. The lowest BCUT2D eigenvalue weighted by Crippen LogP contribution is -2.71. The van der Waals surface area contributed by atoms with Crippen LogP contribution in [0.4, 0.5) is 0 Å². The average Bonchev–Trinajstić information content (AvgIpc) is 3.78. The lowest BCUT2D eigenvalue weighted by atomic mass is 9.86. The van der Waals surface area contributed by atoms with Crippen molar-refractivity contribution in [2.24, 2.45) is 0 Å². The standard InChI is InChI=1S/C47H35N3O/c1-29-12-25-40-37-9-5-6-10-38(37)47(50(40)28-29)39-24-23-36-35-22-19-33(27-48)42(44(35)51-45(36)43(39)41-11-7-8-26-49(41)47)32-15-13-30(14-16-32)31-17-20-34(21-18-31)46(2,3)4/h5-26,28H,1-4H3/q+2. The van der Waals surface area contributed by atoms with E-state index in [9.17, 15) is 5.26 Å². The minimum atomic E-state index is -0.613. The number of hydrogen-bond acceptors (Lipinski definition) is 2. The summed E-state index contributed by atoms with van der Waals surface area (Å²) in [6.07, 6.45) is 4.47. The molecule has 0 N–H and O–H groups in total. The zero-order chi connectivity index (χ0) is 34.6. The van der Waals surface area contributed by atoms with E-state index in [0.29, 0.717) is 5.56 Å². The van der Waals surface area contributed by atoms with E-state index in [0.717, 1.165) is 49.9 Å². The Hall–Kier alpha value is -6.31. The van der Waals surface area contributed by atoms with E-state index in [1.54, 1.807) is 0 Å². The molecule has 1 atom stereocenters. The summed E-state index contributed by atoms with van der Waals surface area (Å²) >= 11 is 0. The largest absolute Gasteiger partial charge is 0.454 e. The normalized spacial score (nSPS) is 15.5.